The van der Waals surface area contributed by atoms with Gasteiger partial charge in [0.05, 0.1) is 12.1 Å². The van der Waals surface area contributed by atoms with Crippen molar-refractivity contribution in [2.24, 2.45) is 0 Å². The van der Waals surface area contributed by atoms with Crippen molar-refractivity contribution in [3.05, 3.63) is 71.2 Å². The minimum Gasteiger partial charge on any atom is -0.383 e. The third-order valence-corrected chi connectivity index (χ3v) is 4.77. The molecule has 1 atom stereocenters. The fourth-order valence-corrected chi connectivity index (χ4v) is 3.49. The zero-order valence-corrected chi connectivity index (χ0v) is 13.0. The summed E-state index contributed by atoms with van der Waals surface area (Å²) in [6.07, 6.45) is 2.84. The minimum atomic E-state index is -1.07. The van der Waals surface area contributed by atoms with Crippen LogP contribution in [0.5, 0.6) is 0 Å². The lowest BCUT2D eigenvalue weighted by Gasteiger charge is -2.24. The number of carbonyl (C=O) groups is 1. The maximum absolute atomic E-state index is 14.0. The standard InChI is InChI=1S/C19H17FN2O2/c20-15-6-3-7-16-17(15)13(10-21-16)18(23)22-11-19(24)9-8-12-4-1-2-5-14(12)19/h1-7,10,21,24H,8-9,11H2,(H,22,23). The van der Waals surface area contributed by atoms with Gasteiger partial charge in [0.2, 0.25) is 0 Å². The lowest BCUT2D eigenvalue weighted by atomic mass is 9.96. The number of halogens is 1. The van der Waals surface area contributed by atoms with Crippen LogP contribution in [0.3, 0.4) is 0 Å². The second-order valence-electron chi connectivity index (χ2n) is 6.24. The van der Waals surface area contributed by atoms with Crippen LogP contribution in [0, 0.1) is 5.82 Å². The molecule has 0 bridgehead atoms. The smallest absolute Gasteiger partial charge is 0.253 e. The average molecular weight is 324 g/mol. The summed E-state index contributed by atoms with van der Waals surface area (Å²) in [7, 11) is 0. The number of amides is 1. The Bertz CT molecular complexity index is 934. The van der Waals surface area contributed by atoms with E-state index >= 15 is 0 Å². The monoisotopic (exact) mass is 324 g/mol. The quantitative estimate of drug-likeness (QED) is 0.693. The lowest BCUT2D eigenvalue weighted by molar-refractivity contribution is 0.0370. The molecule has 5 heteroatoms. The van der Waals surface area contributed by atoms with Crippen LogP contribution in [0.1, 0.15) is 27.9 Å². The number of hydrogen-bond acceptors (Lipinski definition) is 2. The summed E-state index contributed by atoms with van der Waals surface area (Å²) in [6, 6.07) is 12.3. The third-order valence-electron chi connectivity index (χ3n) is 4.77. The molecule has 0 radical (unpaired) electrons. The molecule has 1 aliphatic carbocycles. The van der Waals surface area contributed by atoms with Gasteiger partial charge < -0.3 is 15.4 Å². The SMILES string of the molecule is O=C(NCC1(O)CCc2ccccc21)c1c[nH]c2cccc(F)c12. The van der Waals surface area contributed by atoms with E-state index in [0.717, 1.165) is 17.5 Å². The Morgan fingerprint density at radius 1 is 1.25 bits per heavy atom. The van der Waals surface area contributed by atoms with Crippen LogP contribution in [0.2, 0.25) is 0 Å². The molecule has 1 aromatic heterocycles. The van der Waals surface area contributed by atoms with Crippen molar-refractivity contribution in [3.8, 4) is 0 Å². The molecule has 0 aliphatic heterocycles. The number of rotatable bonds is 3. The second-order valence-corrected chi connectivity index (χ2v) is 6.24. The van der Waals surface area contributed by atoms with E-state index in [1.807, 2.05) is 24.3 Å². The van der Waals surface area contributed by atoms with E-state index in [0.29, 0.717) is 11.9 Å². The molecule has 0 saturated carbocycles. The van der Waals surface area contributed by atoms with Crippen LogP contribution in [0.25, 0.3) is 10.9 Å². The molecule has 1 amide bonds. The maximum atomic E-state index is 14.0. The molecule has 3 N–H and O–H groups in total. The molecule has 122 valence electrons. The zero-order valence-electron chi connectivity index (χ0n) is 13.0. The van der Waals surface area contributed by atoms with E-state index in [4.69, 9.17) is 0 Å². The molecule has 1 unspecified atom stereocenters. The number of carbonyl (C=O) groups excluding carboxylic acids is 1. The number of nitrogens with one attached hydrogen (secondary N) is 2. The average Bonchev–Trinajstić information content (AvgIpc) is 3.17. The fraction of sp³-hybridized carbons (Fsp3) is 0.211. The molecule has 0 fully saturated rings. The topological polar surface area (TPSA) is 65.1 Å². The van der Waals surface area contributed by atoms with Crippen molar-refractivity contribution >= 4 is 16.8 Å². The van der Waals surface area contributed by atoms with Crippen molar-refractivity contribution in [2.75, 3.05) is 6.54 Å². The molecule has 1 aliphatic rings. The number of aryl methyl sites for hydroxylation is 1. The first kappa shape index (κ1) is 14.9. The number of aliphatic hydroxyl groups is 1. The van der Waals surface area contributed by atoms with Crippen LogP contribution in [-0.2, 0) is 12.0 Å². The number of aromatic amines is 1. The normalized spacial score (nSPS) is 19.4. The number of aromatic nitrogens is 1. The summed E-state index contributed by atoms with van der Waals surface area (Å²) in [6.45, 7) is 0.101. The summed E-state index contributed by atoms with van der Waals surface area (Å²) in [5.41, 5.74) is 1.71. The van der Waals surface area contributed by atoms with Gasteiger partial charge in [-0.25, -0.2) is 4.39 Å². The van der Waals surface area contributed by atoms with Gasteiger partial charge in [-0.2, -0.15) is 0 Å². The number of hydrogen-bond donors (Lipinski definition) is 3. The van der Waals surface area contributed by atoms with Crippen LogP contribution in [0.15, 0.2) is 48.7 Å². The van der Waals surface area contributed by atoms with Gasteiger partial charge in [-0.15, -0.1) is 0 Å². The molecule has 0 saturated heterocycles. The second kappa shape index (κ2) is 5.46. The summed E-state index contributed by atoms with van der Waals surface area (Å²) >= 11 is 0. The van der Waals surface area contributed by atoms with E-state index in [9.17, 15) is 14.3 Å². The maximum Gasteiger partial charge on any atom is 0.253 e. The molecule has 1 heterocycles. The summed E-state index contributed by atoms with van der Waals surface area (Å²) < 4.78 is 14.0. The first-order chi connectivity index (χ1) is 11.6. The molecular weight excluding hydrogens is 307 g/mol. The van der Waals surface area contributed by atoms with Gasteiger partial charge in [0.15, 0.2) is 0 Å². The lowest BCUT2D eigenvalue weighted by Crippen LogP contribution is -2.39. The van der Waals surface area contributed by atoms with Gasteiger partial charge in [0.1, 0.15) is 11.4 Å². The summed E-state index contributed by atoms with van der Waals surface area (Å²) in [4.78, 5) is 15.4. The van der Waals surface area contributed by atoms with Crippen LogP contribution >= 0.6 is 0 Å². The van der Waals surface area contributed by atoms with Gasteiger partial charge >= 0.3 is 0 Å². The highest BCUT2D eigenvalue weighted by atomic mass is 19.1. The highest BCUT2D eigenvalue weighted by Gasteiger charge is 2.36. The summed E-state index contributed by atoms with van der Waals surface area (Å²) in [5.74, 6) is -0.840. The van der Waals surface area contributed by atoms with E-state index in [-0.39, 0.29) is 17.5 Å². The van der Waals surface area contributed by atoms with Gasteiger partial charge in [-0.1, -0.05) is 30.3 Å². The Hall–Kier alpha value is -2.66. The van der Waals surface area contributed by atoms with Crippen LogP contribution in [-0.4, -0.2) is 22.5 Å². The highest BCUT2D eigenvalue weighted by molar-refractivity contribution is 6.06. The molecule has 24 heavy (non-hydrogen) atoms. The first-order valence-electron chi connectivity index (χ1n) is 7.93. The van der Waals surface area contributed by atoms with Crippen LogP contribution in [0.4, 0.5) is 4.39 Å². The molecule has 4 nitrogen and oxygen atoms in total. The Balaban J connectivity index is 1.57. The minimum absolute atomic E-state index is 0.101. The zero-order chi connectivity index (χ0) is 16.7. The van der Waals surface area contributed by atoms with E-state index in [1.165, 1.54) is 12.3 Å². The van der Waals surface area contributed by atoms with E-state index in [2.05, 4.69) is 10.3 Å². The molecule has 4 rings (SSSR count). The Kier molecular flexibility index (Phi) is 3.39. The van der Waals surface area contributed by atoms with Crippen molar-refractivity contribution in [3.63, 3.8) is 0 Å². The van der Waals surface area contributed by atoms with Gasteiger partial charge in [-0.05, 0) is 36.1 Å². The van der Waals surface area contributed by atoms with Crippen molar-refractivity contribution < 1.29 is 14.3 Å². The van der Waals surface area contributed by atoms with Gasteiger partial charge in [0.25, 0.3) is 5.91 Å². The summed E-state index contributed by atoms with van der Waals surface area (Å²) in [5, 5.41) is 13.9. The highest BCUT2D eigenvalue weighted by Crippen LogP contribution is 2.36. The number of H-pyrrole nitrogens is 1. The Morgan fingerprint density at radius 2 is 2.08 bits per heavy atom. The predicted molar refractivity (Wildman–Crippen MR) is 89.2 cm³/mol. The Labute approximate surface area is 138 Å². The molecule has 0 spiro atoms. The van der Waals surface area contributed by atoms with E-state index < -0.39 is 17.3 Å². The fourth-order valence-electron chi connectivity index (χ4n) is 3.49. The molecule has 2 aromatic carbocycles. The van der Waals surface area contributed by atoms with Crippen molar-refractivity contribution in [2.45, 2.75) is 18.4 Å². The van der Waals surface area contributed by atoms with Crippen molar-refractivity contribution in [1.82, 2.24) is 10.3 Å². The Morgan fingerprint density at radius 3 is 2.96 bits per heavy atom. The number of fused-ring (bicyclic) bond motifs is 2. The van der Waals surface area contributed by atoms with Gasteiger partial charge in [-0.3, -0.25) is 4.79 Å². The third kappa shape index (κ3) is 2.29. The van der Waals surface area contributed by atoms with Gasteiger partial charge in [0, 0.05) is 17.1 Å². The van der Waals surface area contributed by atoms with E-state index in [1.54, 1.807) is 12.1 Å². The predicted octanol–water partition coefficient (Wildman–Crippen LogP) is 2.87. The largest absolute Gasteiger partial charge is 0.383 e. The number of benzene rings is 2. The molecule has 3 aromatic rings. The van der Waals surface area contributed by atoms with Crippen molar-refractivity contribution in [1.29, 1.82) is 0 Å². The van der Waals surface area contributed by atoms with Crippen LogP contribution < -0.4 is 5.32 Å². The first-order valence-corrected chi connectivity index (χ1v) is 7.93. The molecular formula is C19H17FN2O2.